The number of aliphatic carboxylic acids is 2. The quantitative estimate of drug-likeness (QED) is 0.559. The zero-order valence-corrected chi connectivity index (χ0v) is 8.40. The van der Waals surface area contributed by atoms with E-state index in [9.17, 15) is 14.2 Å². The minimum atomic E-state index is -1.92. The molecule has 2 atom stereocenters. The Kier molecular flexibility index (Phi) is 4.67. The van der Waals surface area contributed by atoms with E-state index in [1.54, 1.807) is 0 Å². The fraction of sp³-hybridized carbons (Fsp3) is 0.714. The van der Waals surface area contributed by atoms with Gasteiger partial charge in [-0.15, -0.1) is 0 Å². The molecule has 3 N–H and O–H groups in total. The first-order chi connectivity index (χ1) is 6.36. The minimum Gasteiger partial charge on any atom is -0.481 e. The van der Waals surface area contributed by atoms with E-state index in [2.05, 4.69) is 0 Å². The van der Waals surface area contributed by atoms with E-state index in [1.807, 2.05) is 0 Å². The largest absolute Gasteiger partial charge is 0.481 e. The molecule has 0 aliphatic carbocycles. The lowest BCUT2D eigenvalue weighted by molar-refractivity contribution is -0.144. The van der Waals surface area contributed by atoms with Crippen LogP contribution in [0.1, 0.15) is 19.8 Å². The van der Waals surface area contributed by atoms with Crippen molar-refractivity contribution < 1.29 is 29.5 Å². The number of hydrogen-bond acceptors (Lipinski definition) is 4. The molecule has 0 spiro atoms. The van der Waals surface area contributed by atoms with Crippen molar-refractivity contribution >= 4 is 20.4 Å². The third-order valence-corrected chi connectivity index (χ3v) is 3.06. The maximum absolute atomic E-state index is 10.7. The smallest absolute Gasteiger partial charge is 0.324 e. The lowest BCUT2D eigenvalue weighted by Gasteiger charge is -2.23. The highest BCUT2D eigenvalue weighted by Crippen LogP contribution is 2.32. The lowest BCUT2D eigenvalue weighted by atomic mass is 9.96. The van der Waals surface area contributed by atoms with Gasteiger partial charge in [-0.3, -0.25) is 14.2 Å². The number of rotatable bonds is 6. The maximum Gasteiger partial charge on any atom is 0.324 e. The second-order valence-electron chi connectivity index (χ2n) is 2.89. The summed E-state index contributed by atoms with van der Waals surface area (Å²) in [5.41, 5.74) is 0. The zero-order chi connectivity index (χ0) is 11.4. The molecule has 0 saturated carbocycles. The van der Waals surface area contributed by atoms with Crippen molar-refractivity contribution in [1.29, 1.82) is 0 Å². The predicted octanol–water partition coefficient (Wildman–Crippen LogP) is 0.347. The molecule has 6 nitrogen and oxygen atoms in total. The Morgan fingerprint density at radius 3 is 2.14 bits per heavy atom. The van der Waals surface area contributed by atoms with E-state index in [-0.39, 0.29) is 6.42 Å². The topological polar surface area (TPSA) is 112 Å². The number of carboxylic acid groups (broad SMARTS) is 2. The molecule has 0 bridgehead atoms. The van der Waals surface area contributed by atoms with Crippen LogP contribution >= 0.6 is 8.46 Å². The third-order valence-electron chi connectivity index (χ3n) is 1.94. The fourth-order valence-electron chi connectivity index (χ4n) is 0.953. The molecular weight excluding hydrogens is 211 g/mol. The van der Waals surface area contributed by atoms with Gasteiger partial charge in [0.15, 0.2) is 13.6 Å². The van der Waals surface area contributed by atoms with E-state index in [1.165, 1.54) is 6.92 Å². The van der Waals surface area contributed by atoms with Crippen LogP contribution in [-0.4, -0.2) is 38.5 Å². The highest BCUT2D eigenvalue weighted by molar-refractivity contribution is 7.27. The van der Waals surface area contributed by atoms with Gasteiger partial charge in [-0.2, -0.15) is 0 Å². The molecule has 0 radical (unpaired) electrons. The summed E-state index contributed by atoms with van der Waals surface area (Å²) in [6, 6.07) is 0. The average Bonchev–Trinajstić information content (AvgIpc) is 2.04. The summed E-state index contributed by atoms with van der Waals surface area (Å²) in [5.74, 6) is -2.66. The average molecular weight is 222 g/mol. The molecular formula is C7H11O6P. The maximum atomic E-state index is 10.7. The Labute approximate surface area is 81.8 Å². The van der Waals surface area contributed by atoms with Crippen LogP contribution in [0.2, 0.25) is 0 Å². The first kappa shape index (κ1) is 13.0. The van der Waals surface area contributed by atoms with Crippen molar-refractivity contribution in [3.8, 4) is 0 Å². The zero-order valence-electron chi connectivity index (χ0n) is 7.51. The van der Waals surface area contributed by atoms with Gasteiger partial charge < -0.3 is 15.3 Å². The lowest BCUT2D eigenvalue weighted by Crippen LogP contribution is -2.43. The van der Waals surface area contributed by atoms with Crippen LogP contribution in [0, 0.1) is 0 Å². The molecule has 0 heterocycles. The van der Waals surface area contributed by atoms with E-state index in [0.717, 1.165) is 0 Å². The van der Waals surface area contributed by atoms with Gasteiger partial charge in [0.2, 0.25) is 0 Å². The Hall–Kier alpha value is -1.00. The second kappa shape index (κ2) is 5.02. The highest BCUT2D eigenvalue weighted by Gasteiger charge is 2.44. The Morgan fingerprint density at radius 2 is 1.93 bits per heavy atom. The van der Waals surface area contributed by atoms with Crippen molar-refractivity contribution in [2.45, 2.75) is 31.0 Å². The van der Waals surface area contributed by atoms with Crippen molar-refractivity contribution in [2.75, 3.05) is 0 Å². The van der Waals surface area contributed by atoms with Crippen molar-refractivity contribution in [3.05, 3.63) is 0 Å². The number of carboxylic acids is 2. The monoisotopic (exact) mass is 222 g/mol. The second-order valence-corrected chi connectivity index (χ2v) is 3.87. The highest BCUT2D eigenvalue weighted by atomic mass is 31.1. The normalized spacial score (nSPS) is 17.3. The summed E-state index contributed by atoms with van der Waals surface area (Å²) in [5, 5.41) is 24.4. The van der Waals surface area contributed by atoms with Crippen LogP contribution in [-0.2, 0) is 14.2 Å². The van der Waals surface area contributed by atoms with E-state index >= 15 is 0 Å². The number of aliphatic hydroxyl groups excluding tert-OH is 1. The molecule has 0 amide bonds. The number of hydrogen-bond donors (Lipinski definition) is 3. The fourth-order valence-corrected chi connectivity index (χ4v) is 1.39. The van der Waals surface area contributed by atoms with Gasteiger partial charge in [0.25, 0.3) is 0 Å². The molecule has 7 heteroatoms. The minimum absolute atomic E-state index is 0.375. The van der Waals surface area contributed by atoms with Crippen LogP contribution in [0.15, 0.2) is 0 Å². The molecule has 0 aliphatic rings. The van der Waals surface area contributed by atoms with E-state index < -0.39 is 38.1 Å². The van der Waals surface area contributed by atoms with Crippen molar-refractivity contribution in [3.63, 3.8) is 0 Å². The van der Waals surface area contributed by atoms with E-state index in [4.69, 9.17) is 15.3 Å². The molecule has 0 rings (SSSR count). The summed E-state index contributed by atoms with van der Waals surface area (Å²) in [7, 11) is -0.785. The molecule has 0 aromatic carbocycles. The summed E-state index contributed by atoms with van der Waals surface area (Å²) in [6.45, 7) is 1.17. The Morgan fingerprint density at radius 1 is 1.43 bits per heavy atom. The van der Waals surface area contributed by atoms with Gasteiger partial charge in [0, 0.05) is 6.42 Å². The van der Waals surface area contributed by atoms with Crippen LogP contribution in [0.25, 0.3) is 0 Å². The predicted molar refractivity (Wildman–Crippen MR) is 46.5 cm³/mol. The number of carbonyl (C=O) groups is 2. The van der Waals surface area contributed by atoms with Gasteiger partial charge >= 0.3 is 11.9 Å². The number of aliphatic hydroxyl groups is 1. The SMILES string of the molecule is CC(O)C(CCC(=O)O)(P=O)C(=O)O. The molecule has 0 saturated heterocycles. The Bertz CT molecular complexity index is 251. The van der Waals surface area contributed by atoms with E-state index in [0.29, 0.717) is 0 Å². The van der Waals surface area contributed by atoms with Gasteiger partial charge in [-0.05, 0) is 13.3 Å². The standard InChI is InChI=1S/C7H11O6P/c1-4(8)7(14-13,6(11)12)3-2-5(9)10/h4,8H,2-3H2,1H3,(H,9,10)(H,11,12). The van der Waals surface area contributed by atoms with Gasteiger partial charge in [0.1, 0.15) is 0 Å². The van der Waals surface area contributed by atoms with Crippen LogP contribution in [0.4, 0.5) is 0 Å². The summed E-state index contributed by atoms with van der Waals surface area (Å²) >= 11 is 0. The third kappa shape index (κ3) is 2.75. The summed E-state index contributed by atoms with van der Waals surface area (Å²) in [6.07, 6.45) is -2.20. The molecule has 0 aromatic heterocycles. The first-order valence-corrected chi connectivity index (χ1v) is 4.66. The van der Waals surface area contributed by atoms with Crippen LogP contribution < -0.4 is 0 Å². The first-order valence-electron chi connectivity index (χ1n) is 3.84. The van der Waals surface area contributed by atoms with Crippen LogP contribution in [0.5, 0.6) is 0 Å². The van der Waals surface area contributed by atoms with Crippen molar-refractivity contribution in [2.24, 2.45) is 0 Å². The van der Waals surface area contributed by atoms with Crippen molar-refractivity contribution in [1.82, 2.24) is 0 Å². The summed E-state index contributed by atoms with van der Waals surface area (Å²) < 4.78 is 10.7. The van der Waals surface area contributed by atoms with Gasteiger partial charge in [-0.25, -0.2) is 0 Å². The molecule has 0 aliphatic heterocycles. The molecule has 2 unspecified atom stereocenters. The molecule has 80 valence electrons. The molecule has 0 aromatic rings. The van der Waals surface area contributed by atoms with Crippen LogP contribution in [0.3, 0.4) is 0 Å². The Balaban J connectivity index is 4.77. The summed E-state index contributed by atoms with van der Waals surface area (Å²) in [4.78, 5) is 21.0. The molecule has 0 fully saturated rings. The van der Waals surface area contributed by atoms with Gasteiger partial charge in [-0.1, -0.05) is 0 Å². The molecule has 14 heavy (non-hydrogen) atoms. The van der Waals surface area contributed by atoms with Gasteiger partial charge in [0.05, 0.1) is 6.10 Å².